The van der Waals surface area contributed by atoms with E-state index < -0.39 is 0 Å². The van der Waals surface area contributed by atoms with Crippen molar-refractivity contribution in [3.05, 3.63) is 28.9 Å². The maximum Gasteiger partial charge on any atom is 0.276 e. The first-order valence-electron chi connectivity index (χ1n) is 6.67. The van der Waals surface area contributed by atoms with Gasteiger partial charge in [0.05, 0.1) is 16.6 Å². The summed E-state index contributed by atoms with van der Waals surface area (Å²) in [6, 6.07) is 1.92. The Hall–Kier alpha value is -2.26. The molecule has 0 saturated carbocycles. The molecule has 0 amide bonds. The van der Waals surface area contributed by atoms with Gasteiger partial charge in [0, 0.05) is 20.3 Å². The third-order valence-electron chi connectivity index (χ3n) is 3.16. The van der Waals surface area contributed by atoms with Gasteiger partial charge >= 0.3 is 0 Å². The van der Waals surface area contributed by atoms with E-state index in [9.17, 15) is 4.79 Å². The number of hydrogen-bond donors (Lipinski definition) is 0. The average Bonchev–Trinajstić information content (AvgIpc) is 2.92. The minimum atomic E-state index is -0.175. The van der Waals surface area contributed by atoms with Crippen LogP contribution in [0.1, 0.15) is 0 Å². The van der Waals surface area contributed by atoms with Crippen LogP contribution < -0.4 is 10.5 Å². The van der Waals surface area contributed by atoms with Gasteiger partial charge in [-0.25, -0.2) is 9.97 Å². The van der Waals surface area contributed by atoms with Gasteiger partial charge in [-0.1, -0.05) is 0 Å². The zero-order valence-electron chi connectivity index (χ0n) is 12.8. The summed E-state index contributed by atoms with van der Waals surface area (Å²) >= 11 is 2.77. The number of thioether (sulfide) groups is 1. The molecule has 23 heavy (non-hydrogen) atoms. The second kappa shape index (κ2) is 6.47. The number of aromatic nitrogens is 3. The van der Waals surface area contributed by atoms with Crippen LogP contribution in [0.5, 0.6) is 0 Å². The first kappa shape index (κ1) is 15.6. The highest BCUT2D eigenvalue weighted by atomic mass is 32.2. The van der Waals surface area contributed by atoms with Crippen molar-refractivity contribution in [2.45, 2.75) is 0 Å². The van der Waals surface area contributed by atoms with E-state index in [1.165, 1.54) is 40.3 Å². The van der Waals surface area contributed by atoms with Crippen LogP contribution in [0.3, 0.4) is 0 Å². The van der Waals surface area contributed by atoms with E-state index in [-0.39, 0.29) is 5.56 Å². The molecule has 9 heteroatoms. The van der Waals surface area contributed by atoms with Gasteiger partial charge in [-0.3, -0.25) is 9.36 Å². The fourth-order valence-electron chi connectivity index (χ4n) is 2.16. The maximum absolute atomic E-state index is 12.6. The fraction of sp³-hybridized carbons (Fsp3) is 0.214. The predicted molar refractivity (Wildman–Crippen MR) is 99.4 cm³/mol. The summed E-state index contributed by atoms with van der Waals surface area (Å²) in [4.78, 5) is 24.2. The predicted octanol–water partition coefficient (Wildman–Crippen LogP) is 2.25. The van der Waals surface area contributed by atoms with E-state index in [0.29, 0.717) is 10.2 Å². The molecule has 0 saturated heterocycles. The maximum atomic E-state index is 12.6. The van der Waals surface area contributed by atoms with E-state index in [1.807, 2.05) is 31.3 Å². The Morgan fingerprint density at radius 1 is 1.35 bits per heavy atom. The average molecular weight is 346 g/mol. The molecule has 0 atom stereocenters. The van der Waals surface area contributed by atoms with Crippen molar-refractivity contribution in [1.82, 2.24) is 14.5 Å². The topological polar surface area (TPSA) is 75.7 Å². The van der Waals surface area contributed by atoms with E-state index in [4.69, 9.17) is 0 Å². The molecular formula is C14H14N6OS2. The normalized spacial score (nSPS) is 12.1. The van der Waals surface area contributed by atoms with Gasteiger partial charge in [-0.2, -0.15) is 5.10 Å². The molecule has 0 fully saturated rings. The molecule has 0 unspecified atom stereocenters. The number of pyridine rings is 1. The minimum Gasteiger partial charge on any atom is -0.377 e. The SMILES string of the molecule is CS/C=N\N=C\n1cnc2c(sc3nccc(N(C)C)c32)c1=O. The second-order valence-corrected chi connectivity index (χ2v) is 6.51. The highest BCUT2D eigenvalue weighted by molar-refractivity contribution is 8.11. The summed E-state index contributed by atoms with van der Waals surface area (Å²) < 4.78 is 1.88. The molecule has 0 radical (unpaired) electrons. The molecule has 0 spiro atoms. The molecule has 3 aromatic heterocycles. The Balaban J connectivity index is 2.22. The number of rotatable bonds is 4. The summed E-state index contributed by atoms with van der Waals surface area (Å²) in [5.41, 5.74) is 3.07. The van der Waals surface area contributed by atoms with Gasteiger partial charge in [0.2, 0.25) is 0 Å². The number of fused-ring (bicyclic) bond motifs is 3. The molecule has 0 N–H and O–H groups in total. The Kier molecular flexibility index (Phi) is 4.39. The van der Waals surface area contributed by atoms with Crippen molar-refractivity contribution in [3.8, 4) is 0 Å². The van der Waals surface area contributed by atoms with E-state index in [1.54, 1.807) is 11.7 Å². The number of hydrogen-bond acceptors (Lipinski definition) is 8. The van der Waals surface area contributed by atoms with Crippen LogP contribution in [-0.2, 0) is 0 Å². The Bertz CT molecular complexity index is 972. The van der Waals surface area contributed by atoms with Crippen molar-refractivity contribution in [2.75, 3.05) is 25.3 Å². The van der Waals surface area contributed by atoms with Crippen LogP contribution in [0.4, 0.5) is 5.69 Å². The fourth-order valence-corrected chi connectivity index (χ4v) is 3.37. The van der Waals surface area contributed by atoms with Gasteiger partial charge in [-0.15, -0.1) is 28.2 Å². The van der Waals surface area contributed by atoms with Crippen molar-refractivity contribution in [2.24, 2.45) is 10.2 Å². The molecule has 3 aromatic rings. The zero-order chi connectivity index (χ0) is 16.4. The monoisotopic (exact) mass is 346 g/mol. The van der Waals surface area contributed by atoms with Gasteiger partial charge in [0.25, 0.3) is 5.56 Å². The molecular weight excluding hydrogens is 332 g/mol. The molecule has 118 valence electrons. The van der Waals surface area contributed by atoms with Gasteiger partial charge in [0.15, 0.2) is 0 Å². The van der Waals surface area contributed by atoms with Gasteiger partial charge in [0.1, 0.15) is 27.7 Å². The Morgan fingerprint density at radius 3 is 2.91 bits per heavy atom. The van der Waals surface area contributed by atoms with Gasteiger partial charge in [-0.05, 0) is 12.3 Å². The molecule has 3 rings (SSSR count). The second-order valence-electron chi connectivity index (χ2n) is 4.83. The highest BCUT2D eigenvalue weighted by Gasteiger charge is 2.15. The third kappa shape index (κ3) is 2.84. The lowest BCUT2D eigenvalue weighted by molar-refractivity contribution is 1.03. The number of nitrogens with zero attached hydrogens (tertiary/aromatic N) is 6. The summed E-state index contributed by atoms with van der Waals surface area (Å²) in [5.74, 6) is 0. The summed E-state index contributed by atoms with van der Waals surface area (Å²) in [6.07, 6.45) is 6.43. The summed E-state index contributed by atoms with van der Waals surface area (Å²) in [7, 11) is 3.91. The van der Waals surface area contributed by atoms with Crippen LogP contribution in [0.15, 0.2) is 33.6 Å². The van der Waals surface area contributed by atoms with Crippen molar-refractivity contribution < 1.29 is 0 Å². The van der Waals surface area contributed by atoms with Crippen LogP contribution >= 0.6 is 23.1 Å². The van der Waals surface area contributed by atoms with E-state index >= 15 is 0 Å². The minimum absolute atomic E-state index is 0.175. The van der Waals surface area contributed by atoms with Crippen molar-refractivity contribution in [1.29, 1.82) is 0 Å². The molecule has 0 aliphatic carbocycles. The number of thiophene rings is 1. The zero-order valence-corrected chi connectivity index (χ0v) is 14.4. The molecule has 0 aliphatic rings. The number of anilines is 1. The lowest BCUT2D eigenvalue weighted by atomic mass is 10.2. The molecule has 0 aromatic carbocycles. The Morgan fingerprint density at radius 2 is 2.17 bits per heavy atom. The summed E-state index contributed by atoms with van der Waals surface area (Å²) in [6.45, 7) is 0. The van der Waals surface area contributed by atoms with E-state index in [2.05, 4.69) is 20.2 Å². The van der Waals surface area contributed by atoms with Crippen molar-refractivity contribution >= 4 is 61.1 Å². The quantitative estimate of drug-likeness (QED) is 0.411. The first-order chi connectivity index (χ1) is 11.1. The molecule has 0 aliphatic heterocycles. The highest BCUT2D eigenvalue weighted by Crippen LogP contribution is 2.34. The van der Waals surface area contributed by atoms with Crippen LogP contribution in [0.25, 0.3) is 20.4 Å². The van der Waals surface area contributed by atoms with Crippen LogP contribution in [-0.4, -0.2) is 46.8 Å². The Labute approximate surface area is 140 Å². The lowest BCUT2D eigenvalue weighted by Gasteiger charge is -2.13. The summed E-state index contributed by atoms with van der Waals surface area (Å²) in [5, 5.41) is 8.52. The molecule has 7 nitrogen and oxygen atoms in total. The standard InChI is InChI=1S/C14H14N6OS2/c1-19(2)9-4-5-15-13-10(9)11-12(23-13)14(21)20(6-16-11)7-17-18-8-22-3/h4-8H,1-3H3/b17-7+,18-8-. The van der Waals surface area contributed by atoms with Crippen LogP contribution in [0.2, 0.25) is 0 Å². The van der Waals surface area contributed by atoms with Crippen LogP contribution in [0, 0.1) is 0 Å². The molecule has 0 bridgehead atoms. The third-order valence-corrected chi connectivity index (χ3v) is 4.54. The largest absolute Gasteiger partial charge is 0.377 e. The smallest absolute Gasteiger partial charge is 0.276 e. The lowest BCUT2D eigenvalue weighted by Crippen LogP contribution is -2.19. The van der Waals surface area contributed by atoms with E-state index in [0.717, 1.165) is 15.9 Å². The molecule has 3 heterocycles. The van der Waals surface area contributed by atoms with Gasteiger partial charge < -0.3 is 4.90 Å². The first-order valence-corrected chi connectivity index (χ1v) is 8.77. The van der Waals surface area contributed by atoms with Crippen molar-refractivity contribution in [3.63, 3.8) is 0 Å².